The number of carbonyl (C=O) groups excluding carboxylic acids is 1. The molecule has 5 heteroatoms. The summed E-state index contributed by atoms with van der Waals surface area (Å²) in [7, 11) is 0. The van der Waals surface area contributed by atoms with Crippen molar-refractivity contribution in [3.8, 4) is 0 Å². The Morgan fingerprint density at radius 1 is 1.53 bits per heavy atom. The Labute approximate surface area is 112 Å². The number of benzene rings is 1. The minimum Gasteiger partial charge on any atom is -0.392 e. The summed E-state index contributed by atoms with van der Waals surface area (Å²) < 4.78 is 0. The maximum absolute atomic E-state index is 12.2. The van der Waals surface area contributed by atoms with Crippen molar-refractivity contribution < 1.29 is 4.79 Å². The van der Waals surface area contributed by atoms with E-state index in [1.54, 1.807) is 17.0 Å². The summed E-state index contributed by atoms with van der Waals surface area (Å²) >= 11 is 10.7. The number of rotatable bonds is 4. The van der Waals surface area contributed by atoms with Gasteiger partial charge in [0.25, 0.3) is 5.91 Å². The van der Waals surface area contributed by atoms with E-state index >= 15 is 0 Å². The molecule has 1 amide bonds. The molecule has 0 unspecified atom stereocenters. The van der Waals surface area contributed by atoms with E-state index in [-0.39, 0.29) is 12.5 Å². The second-order valence-electron chi connectivity index (χ2n) is 3.74. The van der Waals surface area contributed by atoms with Crippen LogP contribution in [-0.4, -0.2) is 28.9 Å². The van der Waals surface area contributed by atoms with Crippen molar-refractivity contribution in [2.75, 3.05) is 13.1 Å². The molecule has 2 N–H and O–H groups in total. The van der Waals surface area contributed by atoms with E-state index in [0.717, 1.165) is 5.56 Å². The van der Waals surface area contributed by atoms with Crippen molar-refractivity contribution in [1.29, 1.82) is 0 Å². The molecule has 1 aromatic carbocycles. The van der Waals surface area contributed by atoms with Crippen molar-refractivity contribution in [1.82, 2.24) is 4.90 Å². The van der Waals surface area contributed by atoms with Gasteiger partial charge in [-0.3, -0.25) is 4.79 Å². The number of halogens is 1. The second kappa shape index (κ2) is 5.98. The SMILES string of the molecule is CCN(CC(N)=S)C(=O)c1cc(Cl)ccc1C. The Balaban J connectivity index is 3.01. The molecule has 0 saturated heterocycles. The van der Waals surface area contributed by atoms with Gasteiger partial charge in [0.05, 0.1) is 11.5 Å². The highest BCUT2D eigenvalue weighted by atomic mass is 35.5. The van der Waals surface area contributed by atoms with Crippen LogP contribution in [0.3, 0.4) is 0 Å². The van der Waals surface area contributed by atoms with Crippen LogP contribution in [0.5, 0.6) is 0 Å². The molecule has 0 aliphatic heterocycles. The molecule has 0 atom stereocenters. The van der Waals surface area contributed by atoms with Gasteiger partial charge in [-0.2, -0.15) is 0 Å². The van der Waals surface area contributed by atoms with Crippen LogP contribution in [-0.2, 0) is 0 Å². The van der Waals surface area contributed by atoms with Crippen molar-refractivity contribution in [2.24, 2.45) is 5.73 Å². The van der Waals surface area contributed by atoms with Crippen LogP contribution in [0, 0.1) is 6.92 Å². The van der Waals surface area contributed by atoms with E-state index in [1.807, 2.05) is 19.9 Å². The molecule has 0 aliphatic carbocycles. The van der Waals surface area contributed by atoms with E-state index < -0.39 is 0 Å². The summed E-state index contributed by atoms with van der Waals surface area (Å²) in [6.07, 6.45) is 0. The van der Waals surface area contributed by atoms with Crippen LogP contribution in [0.15, 0.2) is 18.2 Å². The third-order valence-electron chi connectivity index (χ3n) is 2.45. The summed E-state index contributed by atoms with van der Waals surface area (Å²) in [6.45, 7) is 4.60. The number of hydrogen-bond acceptors (Lipinski definition) is 2. The first-order chi connectivity index (χ1) is 7.95. The summed E-state index contributed by atoms with van der Waals surface area (Å²) in [5.41, 5.74) is 6.95. The summed E-state index contributed by atoms with van der Waals surface area (Å²) in [6, 6.07) is 5.25. The normalized spacial score (nSPS) is 10.1. The van der Waals surface area contributed by atoms with Crippen LogP contribution in [0.25, 0.3) is 0 Å². The average Bonchev–Trinajstić information content (AvgIpc) is 2.28. The molecule has 0 aromatic heterocycles. The van der Waals surface area contributed by atoms with Crippen LogP contribution in [0.1, 0.15) is 22.8 Å². The first kappa shape index (κ1) is 13.9. The first-order valence-electron chi connectivity index (χ1n) is 5.29. The molecule has 92 valence electrons. The maximum Gasteiger partial charge on any atom is 0.254 e. The number of carbonyl (C=O) groups is 1. The molecule has 3 nitrogen and oxygen atoms in total. The highest BCUT2D eigenvalue weighted by Crippen LogP contribution is 2.17. The summed E-state index contributed by atoms with van der Waals surface area (Å²) in [4.78, 5) is 14.1. The first-order valence-corrected chi connectivity index (χ1v) is 6.08. The maximum atomic E-state index is 12.2. The minimum atomic E-state index is -0.0969. The fraction of sp³-hybridized carbons (Fsp3) is 0.333. The molecule has 0 fully saturated rings. The van der Waals surface area contributed by atoms with Gasteiger partial charge in [-0.25, -0.2) is 0 Å². The van der Waals surface area contributed by atoms with Crippen molar-refractivity contribution in [3.05, 3.63) is 34.3 Å². The fourth-order valence-electron chi connectivity index (χ4n) is 1.51. The lowest BCUT2D eigenvalue weighted by molar-refractivity contribution is 0.0787. The van der Waals surface area contributed by atoms with Gasteiger partial charge in [0, 0.05) is 17.1 Å². The van der Waals surface area contributed by atoms with Gasteiger partial charge in [-0.05, 0) is 31.5 Å². The van der Waals surface area contributed by atoms with Crippen LogP contribution >= 0.6 is 23.8 Å². The van der Waals surface area contributed by atoms with E-state index in [2.05, 4.69) is 0 Å². The van der Waals surface area contributed by atoms with Gasteiger partial charge >= 0.3 is 0 Å². The Kier molecular flexibility index (Phi) is 4.90. The molecular formula is C12H15ClN2OS. The van der Waals surface area contributed by atoms with E-state index in [4.69, 9.17) is 29.6 Å². The van der Waals surface area contributed by atoms with E-state index in [0.29, 0.717) is 22.1 Å². The zero-order valence-electron chi connectivity index (χ0n) is 9.87. The fourth-order valence-corrected chi connectivity index (χ4v) is 1.84. The minimum absolute atomic E-state index is 0.0969. The van der Waals surface area contributed by atoms with Gasteiger partial charge in [0.2, 0.25) is 0 Å². The lowest BCUT2D eigenvalue weighted by Gasteiger charge is -2.21. The molecular weight excluding hydrogens is 256 g/mol. The number of thiocarbonyl (C=S) groups is 1. The van der Waals surface area contributed by atoms with Crippen LogP contribution in [0.4, 0.5) is 0 Å². The number of amides is 1. The Morgan fingerprint density at radius 3 is 2.71 bits per heavy atom. The highest BCUT2D eigenvalue weighted by molar-refractivity contribution is 7.80. The van der Waals surface area contributed by atoms with Gasteiger partial charge < -0.3 is 10.6 Å². The number of likely N-dealkylation sites (N-methyl/N-ethyl adjacent to an activating group) is 1. The predicted octanol–water partition coefficient (Wildman–Crippen LogP) is 2.40. The third-order valence-corrected chi connectivity index (χ3v) is 2.81. The van der Waals surface area contributed by atoms with Crippen molar-refractivity contribution in [2.45, 2.75) is 13.8 Å². The van der Waals surface area contributed by atoms with Gasteiger partial charge in [0.1, 0.15) is 0 Å². The molecule has 0 heterocycles. The number of nitrogens with zero attached hydrogens (tertiary/aromatic N) is 1. The molecule has 0 aliphatic rings. The lowest BCUT2D eigenvalue weighted by atomic mass is 10.1. The standard InChI is InChI=1S/C12H15ClN2OS/c1-3-15(7-11(14)17)12(16)10-6-9(13)5-4-8(10)2/h4-6H,3,7H2,1-2H3,(H2,14,17). The third kappa shape index (κ3) is 3.68. The molecule has 0 radical (unpaired) electrons. The van der Waals surface area contributed by atoms with E-state index in [9.17, 15) is 4.79 Å². The largest absolute Gasteiger partial charge is 0.392 e. The Hall–Kier alpha value is -1.13. The van der Waals surface area contributed by atoms with Crippen LogP contribution < -0.4 is 5.73 Å². The monoisotopic (exact) mass is 270 g/mol. The molecule has 0 bridgehead atoms. The summed E-state index contributed by atoms with van der Waals surface area (Å²) in [5.74, 6) is -0.0969. The quantitative estimate of drug-likeness (QED) is 0.855. The lowest BCUT2D eigenvalue weighted by Crippen LogP contribution is -2.37. The predicted molar refractivity (Wildman–Crippen MR) is 74.6 cm³/mol. The van der Waals surface area contributed by atoms with Gasteiger partial charge in [0.15, 0.2) is 0 Å². The smallest absolute Gasteiger partial charge is 0.254 e. The van der Waals surface area contributed by atoms with Crippen molar-refractivity contribution in [3.63, 3.8) is 0 Å². The summed E-state index contributed by atoms with van der Waals surface area (Å²) in [5, 5.41) is 0.547. The van der Waals surface area contributed by atoms with E-state index in [1.165, 1.54) is 0 Å². The Morgan fingerprint density at radius 2 is 2.18 bits per heavy atom. The number of hydrogen-bond donors (Lipinski definition) is 1. The molecule has 1 aromatic rings. The highest BCUT2D eigenvalue weighted by Gasteiger charge is 2.17. The van der Waals surface area contributed by atoms with Gasteiger partial charge in [-0.1, -0.05) is 29.9 Å². The zero-order chi connectivity index (χ0) is 13.0. The van der Waals surface area contributed by atoms with Crippen LogP contribution in [0.2, 0.25) is 5.02 Å². The van der Waals surface area contributed by atoms with Gasteiger partial charge in [-0.15, -0.1) is 0 Å². The molecule has 0 saturated carbocycles. The number of nitrogens with two attached hydrogens (primary N) is 1. The number of aryl methyl sites for hydroxylation is 1. The zero-order valence-corrected chi connectivity index (χ0v) is 11.4. The topological polar surface area (TPSA) is 46.3 Å². The molecule has 0 spiro atoms. The molecule has 1 rings (SSSR count). The Bertz CT molecular complexity index is 448. The average molecular weight is 271 g/mol. The molecule has 17 heavy (non-hydrogen) atoms. The van der Waals surface area contributed by atoms with Crippen molar-refractivity contribution >= 4 is 34.7 Å². The second-order valence-corrected chi connectivity index (χ2v) is 4.71.